The molecule has 2 rings (SSSR count). The Morgan fingerprint density at radius 2 is 2.36 bits per heavy atom. The highest BCUT2D eigenvalue weighted by molar-refractivity contribution is 6.18. The largest absolute Gasteiger partial charge is 0.469 e. The van der Waals surface area contributed by atoms with Crippen LogP contribution in [0.4, 0.5) is 0 Å². The van der Waals surface area contributed by atoms with Crippen LogP contribution >= 0.6 is 11.6 Å². The molecule has 3 nitrogen and oxygen atoms in total. The zero-order valence-corrected chi connectivity index (χ0v) is 8.79. The third-order valence-corrected chi connectivity index (χ3v) is 3.94. The second-order valence-electron chi connectivity index (χ2n) is 4.14. The number of carbonyl (C=O) groups is 2. The van der Waals surface area contributed by atoms with Crippen molar-refractivity contribution in [2.75, 3.05) is 13.0 Å². The van der Waals surface area contributed by atoms with Crippen molar-refractivity contribution in [2.45, 2.75) is 12.8 Å². The molecule has 0 heterocycles. The molecule has 0 unspecified atom stereocenters. The van der Waals surface area contributed by atoms with Crippen LogP contribution in [0.2, 0.25) is 0 Å². The van der Waals surface area contributed by atoms with E-state index in [1.165, 1.54) is 7.11 Å². The van der Waals surface area contributed by atoms with Gasteiger partial charge in [0.05, 0.1) is 13.0 Å². The van der Waals surface area contributed by atoms with Crippen molar-refractivity contribution < 1.29 is 14.3 Å². The molecule has 0 amide bonds. The van der Waals surface area contributed by atoms with Crippen LogP contribution in [0.1, 0.15) is 12.8 Å². The lowest BCUT2D eigenvalue weighted by atomic mass is 9.80. The molecule has 0 aromatic carbocycles. The molecule has 2 aliphatic carbocycles. The molecule has 0 spiro atoms. The molecule has 14 heavy (non-hydrogen) atoms. The van der Waals surface area contributed by atoms with Crippen molar-refractivity contribution in [3.63, 3.8) is 0 Å². The van der Waals surface area contributed by atoms with E-state index in [0.717, 1.165) is 6.42 Å². The van der Waals surface area contributed by atoms with E-state index in [-0.39, 0.29) is 29.5 Å². The fraction of sp³-hybridized carbons (Fsp3) is 0.800. The van der Waals surface area contributed by atoms with Gasteiger partial charge in [-0.05, 0) is 18.3 Å². The van der Waals surface area contributed by atoms with E-state index in [0.29, 0.717) is 18.2 Å². The normalized spacial score (nSPS) is 40.3. The summed E-state index contributed by atoms with van der Waals surface area (Å²) in [5.74, 6) is 0.470. The van der Waals surface area contributed by atoms with E-state index in [9.17, 15) is 9.59 Å². The Labute approximate surface area is 87.8 Å². The maximum Gasteiger partial charge on any atom is 0.309 e. The van der Waals surface area contributed by atoms with Crippen LogP contribution in [0, 0.1) is 23.7 Å². The molecule has 0 saturated heterocycles. The van der Waals surface area contributed by atoms with E-state index in [4.69, 9.17) is 16.3 Å². The molecule has 4 atom stereocenters. The first kappa shape index (κ1) is 9.97. The van der Waals surface area contributed by atoms with E-state index < -0.39 is 0 Å². The van der Waals surface area contributed by atoms with Gasteiger partial charge in [0.15, 0.2) is 0 Å². The number of hydrogen-bond acceptors (Lipinski definition) is 3. The number of esters is 1. The van der Waals surface area contributed by atoms with Crippen LogP contribution in [0.25, 0.3) is 0 Å². The van der Waals surface area contributed by atoms with E-state index in [1.54, 1.807) is 0 Å². The topological polar surface area (TPSA) is 43.4 Å². The number of halogens is 1. The standard InChI is InChI=1S/C10H13ClO3/c1-14-10(13)9-6-2-5(3-8(6)12)7(9)4-11/h5-7,9H,2-4H2,1H3/t5-,6+,7+,9+/m1/s1. The maximum atomic E-state index is 11.5. The molecule has 0 N–H and O–H groups in total. The van der Waals surface area contributed by atoms with Gasteiger partial charge < -0.3 is 4.74 Å². The fourth-order valence-corrected chi connectivity index (χ4v) is 3.36. The van der Waals surface area contributed by atoms with Gasteiger partial charge in [-0.15, -0.1) is 11.6 Å². The molecule has 0 radical (unpaired) electrons. The monoisotopic (exact) mass is 216 g/mol. The molecule has 2 saturated carbocycles. The van der Waals surface area contributed by atoms with Crippen LogP contribution in [0.15, 0.2) is 0 Å². The van der Waals surface area contributed by atoms with E-state index in [2.05, 4.69) is 0 Å². The van der Waals surface area contributed by atoms with Gasteiger partial charge in [-0.25, -0.2) is 0 Å². The second kappa shape index (κ2) is 3.54. The van der Waals surface area contributed by atoms with Crippen LogP contribution in [-0.2, 0) is 14.3 Å². The Bertz CT molecular complexity index is 277. The summed E-state index contributed by atoms with van der Waals surface area (Å²) in [6, 6.07) is 0. The number of carbonyl (C=O) groups excluding carboxylic acids is 2. The highest BCUT2D eigenvalue weighted by Crippen LogP contribution is 2.51. The van der Waals surface area contributed by atoms with Gasteiger partial charge in [0.2, 0.25) is 0 Å². The third-order valence-electron chi connectivity index (χ3n) is 3.59. The minimum atomic E-state index is -0.274. The molecule has 0 aromatic rings. The van der Waals surface area contributed by atoms with Crippen molar-refractivity contribution >= 4 is 23.4 Å². The summed E-state index contributed by atoms with van der Waals surface area (Å²) in [7, 11) is 1.37. The lowest BCUT2D eigenvalue weighted by Gasteiger charge is -2.26. The Kier molecular flexibility index (Phi) is 2.52. The van der Waals surface area contributed by atoms with Crippen molar-refractivity contribution in [1.29, 1.82) is 0 Å². The Balaban J connectivity index is 2.21. The van der Waals surface area contributed by atoms with Gasteiger partial charge >= 0.3 is 5.97 Å². The molecular weight excluding hydrogens is 204 g/mol. The summed E-state index contributed by atoms with van der Waals surface area (Å²) in [6.45, 7) is 0. The number of alkyl halides is 1. The van der Waals surface area contributed by atoms with Crippen LogP contribution < -0.4 is 0 Å². The summed E-state index contributed by atoms with van der Waals surface area (Å²) in [5, 5.41) is 0. The number of fused-ring (bicyclic) bond motifs is 2. The van der Waals surface area contributed by atoms with Gasteiger partial charge in [-0.2, -0.15) is 0 Å². The highest BCUT2D eigenvalue weighted by atomic mass is 35.5. The minimum Gasteiger partial charge on any atom is -0.469 e. The third kappa shape index (κ3) is 1.26. The molecular formula is C10H13ClO3. The average molecular weight is 217 g/mol. The number of ether oxygens (including phenoxy) is 1. The Hall–Kier alpha value is -0.570. The Morgan fingerprint density at radius 1 is 1.64 bits per heavy atom. The summed E-state index contributed by atoms with van der Waals surface area (Å²) in [4.78, 5) is 23.0. The van der Waals surface area contributed by atoms with Gasteiger partial charge in [0.25, 0.3) is 0 Å². The fourth-order valence-electron chi connectivity index (χ4n) is 2.91. The molecule has 4 heteroatoms. The summed E-state index contributed by atoms with van der Waals surface area (Å²) >= 11 is 5.83. The summed E-state index contributed by atoms with van der Waals surface area (Å²) in [6.07, 6.45) is 1.44. The molecule has 0 aliphatic heterocycles. The van der Waals surface area contributed by atoms with Crippen LogP contribution in [-0.4, -0.2) is 24.7 Å². The van der Waals surface area contributed by atoms with Gasteiger partial charge in [0.1, 0.15) is 5.78 Å². The van der Waals surface area contributed by atoms with Crippen molar-refractivity contribution in [2.24, 2.45) is 23.7 Å². The molecule has 2 bridgehead atoms. The lowest BCUT2D eigenvalue weighted by molar-refractivity contribution is -0.151. The lowest BCUT2D eigenvalue weighted by Crippen LogP contribution is -2.35. The summed E-state index contributed by atoms with van der Waals surface area (Å²) < 4.78 is 4.72. The molecule has 0 aromatic heterocycles. The van der Waals surface area contributed by atoms with Gasteiger partial charge in [-0.3, -0.25) is 9.59 Å². The Morgan fingerprint density at radius 3 is 2.93 bits per heavy atom. The van der Waals surface area contributed by atoms with E-state index in [1.807, 2.05) is 0 Å². The maximum absolute atomic E-state index is 11.5. The summed E-state index contributed by atoms with van der Waals surface area (Å²) in [5.41, 5.74) is 0. The second-order valence-corrected chi connectivity index (χ2v) is 4.45. The number of ketones is 1. The highest BCUT2D eigenvalue weighted by Gasteiger charge is 2.55. The number of methoxy groups -OCH3 is 1. The first-order valence-corrected chi connectivity index (χ1v) is 5.39. The number of rotatable bonds is 2. The predicted molar refractivity (Wildman–Crippen MR) is 50.9 cm³/mol. The molecule has 78 valence electrons. The average Bonchev–Trinajstić information content (AvgIpc) is 2.71. The van der Waals surface area contributed by atoms with E-state index >= 15 is 0 Å². The predicted octanol–water partition coefficient (Wildman–Crippen LogP) is 1.24. The quantitative estimate of drug-likeness (QED) is 0.515. The minimum absolute atomic E-state index is 0.115. The molecule has 2 aliphatic rings. The number of hydrogen-bond donors (Lipinski definition) is 0. The van der Waals surface area contributed by atoms with Gasteiger partial charge in [0, 0.05) is 18.2 Å². The zero-order chi connectivity index (χ0) is 10.3. The van der Waals surface area contributed by atoms with Crippen LogP contribution in [0.3, 0.4) is 0 Å². The SMILES string of the molecule is COC(=O)[C@@H]1[C@@H](CCl)[C@H]2CC(=O)[C@@H]1C2. The smallest absolute Gasteiger partial charge is 0.309 e. The van der Waals surface area contributed by atoms with Crippen molar-refractivity contribution in [3.8, 4) is 0 Å². The van der Waals surface area contributed by atoms with Crippen molar-refractivity contribution in [3.05, 3.63) is 0 Å². The first-order chi connectivity index (χ1) is 6.69. The first-order valence-electron chi connectivity index (χ1n) is 4.85. The van der Waals surface area contributed by atoms with Crippen LogP contribution in [0.5, 0.6) is 0 Å². The number of Topliss-reactive ketones (excluding diaryl/α,β-unsaturated/α-hetero) is 1. The zero-order valence-electron chi connectivity index (χ0n) is 8.03. The van der Waals surface area contributed by atoms with Gasteiger partial charge in [-0.1, -0.05) is 0 Å². The molecule has 2 fully saturated rings. The van der Waals surface area contributed by atoms with Crippen molar-refractivity contribution in [1.82, 2.24) is 0 Å².